The third-order valence-electron chi connectivity index (χ3n) is 2.40. The lowest BCUT2D eigenvalue weighted by Crippen LogP contribution is -2.12. The highest BCUT2D eigenvalue weighted by atomic mass is 16.6. The number of hydrogen-bond acceptors (Lipinski definition) is 4. The molecule has 1 N–H and O–H groups in total. The van der Waals surface area contributed by atoms with Gasteiger partial charge in [-0.3, -0.25) is 4.79 Å². The largest absolute Gasteiger partial charge is 0.463 e. The molecule has 0 aliphatic carbocycles. The van der Waals surface area contributed by atoms with Crippen LogP contribution in [0.2, 0.25) is 0 Å². The molecule has 2 aromatic rings. The lowest BCUT2D eigenvalue weighted by atomic mass is 10.2. The molecule has 5 heteroatoms. The van der Waals surface area contributed by atoms with Gasteiger partial charge in [0.1, 0.15) is 5.69 Å². The number of fused-ring (bicyclic) bond motifs is 1. The molecular weight excluding hydrogens is 222 g/mol. The number of aromatic nitrogens is 1. The average Bonchev–Trinajstić information content (AvgIpc) is 2.86. The van der Waals surface area contributed by atoms with Crippen molar-refractivity contribution < 1.29 is 18.7 Å². The summed E-state index contributed by atoms with van der Waals surface area (Å²) in [4.78, 5) is 25.6. The number of unbranched alkanes of at least 4 members (excludes halogenated alkanes) is 1. The first kappa shape index (κ1) is 11.4. The van der Waals surface area contributed by atoms with E-state index in [1.54, 1.807) is 6.07 Å². The van der Waals surface area contributed by atoms with Gasteiger partial charge < -0.3 is 14.1 Å². The van der Waals surface area contributed by atoms with E-state index in [0.29, 0.717) is 11.1 Å². The molecule has 2 heterocycles. The van der Waals surface area contributed by atoms with Gasteiger partial charge in [0.2, 0.25) is 0 Å². The van der Waals surface area contributed by atoms with Crippen LogP contribution >= 0.6 is 0 Å². The predicted octanol–water partition coefficient (Wildman–Crippen LogP) is 2.63. The van der Waals surface area contributed by atoms with Crippen molar-refractivity contribution in [1.29, 1.82) is 0 Å². The number of aromatic amines is 1. The summed E-state index contributed by atoms with van der Waals surface area (Å²) < 4.78 is 9.78. The molecule has 0 aromatic carbocycles. The first-order chi connectivity index (χ1) is 8.20. The van der Waals surface area contributed by atoms with Crippen LogP contribution in [0.4, 0.5) is 0 Å². The maximum atomic E-state index is 11.6. The Labute approximate surface area is 97.7 Å². The van der Waals surface area contributed by atoms with Gasteiger partial charge in [-0.25, -0.2) is 4.79 Å². The number of nitrogens with one attached hydrogen (secondary N) is 1. The van der Waals surface area contributed by atoms with Crippen molar-refractivity contribution in [2.75, 3.05) is 0 Å². The van der Waals surface area contributed by atoms with Gasteiger partial charge in [0, 0.05) is 18.6 Å². The lowest BCUT2D eigenvalue weighted by molar-refractivity contribution is -0.138. The van der Waals surface area contributed by atoms with Gasteiger partial charge >= 0.3 is 11.9 Å². The molecule has 0 saturated heterocycles. The number of carbonyl (C=O) groups is 2. The third-order valence-corrected chi connectivity index (χ3v) is 2.40. The SMILES string of the molecule is CCCCC(=O)OC(=O)c1cc2occc2[nH]1. The number of rotatable bonds is 4. The van der Waals surface area contributed by atoms with E-state index in [1.807, 2.05) is 6.92 Å². The Bertz CT molecular complexity index is 509. The number of hydrogen-bond donors (Lipinski definition) is 1. The number of esters is 2. The Kier molecular flexibility index (Phi) is 3.27. The molecule has 0 bridgehead atoms. The zero-order valence-electron chi connectivity index (χ0n) is 9.49. The van der Waals surface area contributed by atoms with E-state index in [4.69, 9.17) is 4.42 Å². The van der Waals surface area contributed by atoms with Crippen LogP contribution < -0.4 is 0 Å². The summed E-state index contributed by atoms with van der Waals surface area (Å²) in [5.74, 6) is -1.17. The molecule has 0 aliphatic heterocycles. The minimum atomic E-state index is -0.669. The minimum Gasteiger partial charge on any atom is -0.463 e. The third kappa shape index (κ3) is 2.55. The molecule has 0 amide bonds. The fourth-order valence-electron chi connectivity index (χ4n) is 1.49. The van der Waals surface area contributed by atoms with E-state index in [-0.39, 0.29) is 12.1 Å². The van der Waals surface area contributed by atoms with Crippen LogP contribution in [0.25, 0.3) is 11.1 Å². The molecule has 17 heavy (non-hydrogen) atoms. The second-order valence-electron chi connectivity index (χ2n) is 3.75. The van der Waals surface area contributed by atoms with E-state index in [9.17, 15) is 9.59 Å². The van der Waals surface area contributed by atoms with Crippen molar-refractivity contribution in [3.05, 3.63) is 24.1 Å². The van der Waals surface area contributed by atoms with Crippen molar-refractivity contribution >= 4 is 23.0 Å². The summed E-state index contributed by atoms with van der Waals surface area (Å²) in [5, 5.41) is 0. The lowest BCUT2D eigenvalue weighted by Gasteiger charge is -2.00. The quantitative estimate of drug-likeness (QED) is 0.653. The van der Waals surface area contributed by atoms with Crippen LogP contribution in [0.15, 0.2) is 22.8 Å². The maximum absolute atomic E-state index is 11.6. The van der Waals surface area contributed by atoms with Crippen molar-refractivity contribution in [3.8, 4) is 0 Å². The first-order valence-electron chi connectivity index (χ1n) is 5.52. The predicted molar refractivity (Wildman–Crippen MR) is 60.5 cm³/mol. The van der Waals surface area contributed by atoms with Gasteiger partial charge in [-0.15, -0.1) is 0 Å². The molecule has 90 valence electrons. The van der Waals surface area contributed by atoms with Crippen LogP contribution in [0.1, 0.15) is 36.7 Å². The monoisotopic (exact) mass is 235 g/mol. The Morgan fingerprint density at radius 1 is 1.47 bits per heavy atom. The molecule has 5 nitrogen and oxygen atoms in total. The normalized spacial score (nSPS) is 10.6. The van der Waals surface area contributed by atoms with Crippen LogP contribution in [-0.2, 0) is 9.53 Å². The van der Waals surface area contributed by atoms with Crippen LogP contribution in [-0.4, -0.2) is 16.9 Å². The molecular formula is C12H13NO4. The fourth-order valence-corrected chi connectivity index (χ4v) is 1.49. The second kappa shape index (κ2) is 4.86. The smallest absolute Gasteiger partial charge is 0.362 e. The van der Waals surface area contributed by atoms with Crippen LogP contribution in [0, 0.1) is 0 Å². The van der Waals surface area contributed by atoms with E-state index < -0.39 is 11.9 Å². The summed E-state index contributed by atoms with van der Waals surface area (Å²) >= 11 is 0. The Morgan fingerprint density at radius 3 is 3.00 bits per heavy atom. The number of carbonyl (C=O) groups excluding carboxylic acids is 2. The first-order valence-corrected chi connectivity index (χ1v) is 5.52. The average molecular weight is 235 g/mol. The summed E-state index contributed by atoms with van der Waals surface area (Å²) in [5.41, 5.74) is 1.50. The molecule has 0 fully saturated rings. The van der Waals surface area contributed by atoms with Gasteiger partial charge in [-0.1, -0.05) is 13.3 Å². The summed E-state index contributed by atoms with van der Waals surface area (Å²) in [7, 11) is 0. The highest BCUT2D eigenvalue weighted by molar-refractivity contribution is 5.98. The highest BCUT2D eigenvalue weighted by Crippen LogP contribution is 2.16. The summed E-state index contributed by atoms with van der Waals surface area (Å²) in [6.07, 6.45) is 3.39. The molecule has 0 atom stereocenters. The molecule has 0 saturated carbocycles. The number of furan rings is 1. The van der Waals surface area contributed by atoms with Gasteiger partial charge in [-0.05, 0) is 6.42 Å². The van der Waals surface area contributed by atoms with Crippen molar-refractivity contribution in [2.24, 2.45) is 0 Å². The Balaban J connectivity index is 2.00. The molecule has 2 rings (SSSR count). The summed E-state index contributed by atoms with van der Waals surface area (Å²) in [6, 6.07) is 3.22. The fraction of sp³-hybridized carbons (Fsp3) is 0.333. The molecule has 0 spiro atoms. The van der Waals surface area contributed by atoms with E-state index in [2.05, 4.69) is 9.72 Å². The van der Waals surface area contributed by atoms with Gasteiger partial charge in [0.25, 0.3) is 0 Å². The van der Waals surface area contributed by atoms with E-state index >= 15 is 0 Å². The zero-order chi connectivity index (χ0) is 12.3. The second-order valence-corrected chi connectivity index (χ2v) is 3.75. The Hall–Kier alpha value is -2.04. The van der Waals surface area contributed by atoms with Crippen molar-refractivity contribution in [3.63, 3.8) is 0 Å². The molecule has 0 aliphatic rings. The van der Waals surface area contributed by atoms with Crippen molar-refractivity contribution in [1.82, 2.24) is 4.98 Å². The van der Waals surface area contributed by atoms with E-state index in [1.165, 1.54) is 12.3 Å². The minimum absolute atomic E-state index is 0.226. The standard InChI is InChI=1S/C12H13NO4/c1-2-3-4-11(14)17-12(15)9-7-10-8(13-9)5-6-16-10/h5-7,13H,2-4H2,1H3. The molecule has 0 radical (unpaired) electrons. The molecule has 0 unspecified atom stereocenters. The van der Waals surface area contributed by atoms with Gasteiger partial charge in [0.05, 0.1) is 11.8 Å². The maximum Gasteiger partial charge on any atom is 0.362 e. The number of ether oxygens (including phenoxy) is 1. The Morgan fingerprint density at radius 2 is 2.29 bits per heavy atom. The number of H-pyrrole nitrogens is 1. The topological polar surface area (TPSA) is 72.3 Å². The van der Waals surface area contributed by atoms with E-state index in [0.717, 1.165) is 12.8 Å². The summed E-state index contributed by atoms with van der Waals surface area (Å²) in [6.45, 7) is 1.97. The highest BCUT2D eigenvalue weighted by Gasteiger charge is 2.15. The van der Waals surface area contributed by atoms with Gasteiger partial charge in [0.15, 0.2) is 5.58 Å². The zero-order valence-corrected chi connectivity index (χ0v) is 9.49. The van der Waals surface area contributed by atoms with Gasteiger partial charge in [-0.2, -0.15) is 0 Å². The van der Waals surface area contributed by atoms with Crippen LogP contribution in [0.3, 0.4) is 0 Å². The van der Waals surface area contributed by atoms with Crippen LogP contribution in [0.5, 0.6) is 0 Å². The van der Waals surface area contributed by atoms with Crippen molar-refractivity contribution in [2.45, 2.75) is 26.2 Å². The molecule has 2 aromatic heterocycles.